The molecule has 40 heavy (non-hydrogen) atoms. The first-order valence-corrected chi connectivity index (χ1v) is 14.7. The Bertz CT molecular complexity index is 1390. The molecule has 1 aliphatic carbocycles. The number of thioether (sulfide) groups is 1. The molecule has 1 fully saturated rings. The van der Waals surface area contributed by atoms with E-state index in [0.717, 1.165) is 35.5 Å². The SMILES string of the molecule is C=CCn1c(SCC(=O)Nc2sc(C(=O)N(C)C)c(C)c2C(=O)OC)nnc1-c1ccc(OC2CCCC2)cc1. The Kier molecular flexibility index (Phi) is 9.64. The minimum absolute atomic E-state index is 0.0119. The molecule has 2 amide bonds. The minimum atomic E-state index is -0.621. The summed E-state index contributed by atoms with van der Waals surface area (Å²) in [5.41, 5.74) is 1.52. The zero-order valence-corrected chi connectivity index (χ0v) is 24.7. The van der Waals surface area contributed by atoms with Gasteiger partial charge in [0, 0.05) is 26.2 Å². The van der Waals surface area contributed by atoms with E-state index >= 15 is 0 Å². The van der Waals surface area contributed by atoms with Crippen molar-refractivity contribution in [2.75, 3.05) is 32.3 Å². The van der Waals surface area contributed by atoms with Crippen LogP contribution < -0.4 is 10.1 Å². The van der Waals surface area contributed by atoms with Crippen molar-refractivity contribution in [2.24, 2.45) is 0 Å². The largest absolute Gasteiger partial charge is 0.490 e. The van der Waals surface area contributed by atoms with Crippen molar-refractivity contribution < 1.29 is 23.9 Å². The Balaban J connectivity index is 1.47. The molecule has 1 aliphatic rings. The number of carbonyl (C=O) groups is 3. The lowest BCUT2D eigenvalue weighted by molar-refractivity contribution is -0.113. The number of ether oxygens (including phenoxy) is 2. The molecule has 0 saturated heterocycles. The first-order chi connectivity index (χ1) is 19.2. The van der Waals surface area contributed by atoms with Crippen LogP contribution >= 0.6 is 23.1 Å². The lowest BCUT2D eigenvalue weighted by atomic mass is 10.1. The second-order valence-electron chi connectivity index (χ2n) is 9.54. The summed E-state index contributed by atoms with van der Waals surface area (Å²) in [5, 5.41) is 12.3. The van der Waals surface area contributed by atoms with Crippen molar-refractivity contribution in [3.8, 4) is 17.1 Å². The van der Waals surface area contributed by atoms with Crippen molar-refractivity contribution >= 4 is 45.9 Å². The molecule has 2 aromatic heterocycles. The summed E-state index contributed by atoms with van der Waals surface area (Å²) >= 11 is 2.26. The van der Waals surface area contributed by atoms with Crippen molar-refractivity contribution in [1.82, 2.24) is 19.7 Å². The second kappa shape index (κ2) is 13.1. The normalized spacial score (nSPS) is 13.2. The Morgan fingerprint density at radius 3 is 2.52 bits per heavy atom. The summed E-state index contributed by atoms with van der Waals surface area (Å²) < 4.78 is 12.9. The lowest BCUT2D eigenvalue weighted by Crippen LogP contribution is -2.21. The number of anilines is 1. The number of benzene rings is 1. The van der Waals surface area contributed by atoms with E-state index < -0.39 is 5.97 Å². The first kappa shape index (κ1) is 29.3. The fraction of sp³-hybridized carbons (Fsp3) is 0.393. The van der Waals surface area contributed by atoms with Crippen LogP contribution in [0.4, 0.5) is 5.00 Å². The molecule has 212 valence electrons. The van der Waals surface area contributed by atoms with Crippen LogP contribution in [-0.4, -0.2) is 70.5 Å². The van der Waals surface area contributed by atoms with E-state index in [1.54, 1.807) is 27.1 Å². The van der Waals surface area contributed by atoms with Crippen LogP contribution in [0.2, 0.25) is 0 Å². The molecule has 2 heterocycles. The van der Waals surface area contributed by atoms with Crippen LogP contribution in [0.25, 0.3) is 11.4 Å². The topological polar surface area (TPSA) is 116 Å². The molecular formula is C28H33N5O5S2. The standard InChI is InChI=1S/C28H33N5O5S2/c1-6-15-33-24(18-11-13-20(14-12-18)38-19-9-7-8-10-19)30-31-28(33)39-16-21(34)29-25-22(27(36)37-5)17(2)23(40-25)26(35)32(3)4/h6,11-14,19H,1,7-10,15-16H2,2-5H3,(H,29,34). The van der Waals surface area contributed by atoms with E-state index in [4.69, 9.17) is 9.47 Å². The Morgan fingerprint density at radius 1 is 1.20 bits per heavy atom. The first-order valence-electron chi connectivity index (χ1n) is 12.9. The van der Waals surface area contributed by atoms with Gasteiger partial charge in [0.15, 0.2) is 11.0 Å². The maximum absolute atomic E-state index is 12.9. The van der Waals surface area contributed by atoms with Crippen molar-refractivity contribution in [3.05, 3.63) is 52.9 Å². The number of nitrogens with zero attached hydrogens (tertiary/aromatic N) is 4. The van der Waals surface area contributed by atoms with Crippen molar-refractivity contribution in [2.45, 2.75) is 50.4 Å². The molecule has 1 aromatic carbocycles. The van der Waals surface area contributed by atoms with Crippen LogP contribution in [0.5, 0.6) is 5.75 Å². The summed E-state index contributed by atoms with van der Waals surface area (Å²) in [7, 11) is 4.51. The van der Waals surface area contributed by atoms with Gasteiger partial charge >= 0.3 is 5.97 Å². The van der Waals surface area contributed by atoms with E-state index in [2.05, 4.69) is 22.1 Å². The third-order valence-electron chi connectivity index (χ3n) is 6.47. The number of thiophene rings is 1. The number of carbonyl (C=O) groups excluding carboxylic acids is 3. The van der Waals surface area contributed by atoms with Gasteiger partial charge in [-0.25, -0.2) is 4.79 Å². The van der Waals surface area contributed by atoms with Crippen molar-refractivity contribution in [1.29, 1.82) is 0 Å². The Morgan fingerprint density at radius 2 is 1.90 bits per heavy atom. The number of aromatic nitrogens is 3. The van der Waals surface area contributed by atoms with E-state index in [1.165, 1.54) is 36.6 Å². The molecule has 4 rings (SSSR count). The molecule has 10 nitrogen and oxygen atoms in total. The number of hydrogen-bond acceptors (Lipinski definition) is 9. The molecule has 0 unspecified atom stereocenters. The summed E-state index contributed by atoms with van der Waals surface area (Å²) in [6.45, 7) is 5.97. The smallest absolute Gasteiger partial charge is 0.341 e. The maximum atomic E-state index is 12.9. The molecule has 3 aromatic rings. The quantitative estimate of drug-likeness (QED) is 0.190. The molecule has 0 bridgehead atoms. The van der Waals surface area contributed by atoms with Gasteiger partial charge in [-0.2, -0.15) is 0 Å². The number of hydrogen-bond donors (Lipinski definition) is 1. The van der Waals surface area contributed by atoms with E-state index in [1.807, 2.05) is 28.8 Å². The van der Waals surface area contributed by atoms with Crippen LogP contribution in [0.3, 0.4) is 0 Å². The number of allylic oxidation sites excluding steroid dienone is 1. The highest BCUT2D eigenvalue weighted by Crippen LogP contribution is 2.35. The van der Waals surface area contributed by atoms with Gasteiger partial charge in [0.25, 0.3) is 5.91 Å². The Hall–Kier alpha value is -3.64. The highest BCUT2D eigenvalue weighted by molar-refractivity contribution is 7.99. The molecule has 1 saturated carbocycles. The number of rotatable bonds is 11. The molecule has 0 radical (unpaired) electrons. The van der Waals surface area contributed by atoms with Gasteiger partial charge in [-0.15, -0.1) is 28.1 Å². The fourth-order valence-corrected chi connectivity index (χ4v) is 6.41. The lowest BCUT2D eigenvalue weighted by Gasteiger charge is -2.13. The van der Waals surface area contributed by atoms with Crippen LogP contribution in [-0.2, 0) is 16.1 Å². The number of amides is 2. The van der Waals surface area contributed by atoms with Gasteiger partial charge in [0.1, 0.15) is 10.8 Å². The number of esters is 1. The van der Waals surface area contributed by atoms with E-state index in [0.29, 0.717) is 28.0 Å². The zero-order chi connectivity index (χ0) is 28.8. The molecule has 0 spiro atoms. The summed E-state index contributed by atoms with van der Waals surface area (Å²) in [5.74, 6) is 0.266. The predicted molar refractivity (Wildman–Crippen MR) is 156 cm³/mol. The summed E-state index contributed by atoms with van der Waals surface area (Å²) in [6.07, 6.45) is 6.63. The van der Waals surface area contributed by atoms with Crippen LogP contribution in [0.15, 0.2) is 42.1 Å². The third-order valence-corrected chi connectivity index (χ3v) is 8.63. The van der Waals surface area contributed by atoms with Crippen LogP contribution in [0.1, 0.15) is 51.3 Å². The third kappa shape index (κ3) is 6.56. The maximum Gasteiger partial charge on any atom is 0.341 e. The van der Waals surface area contributed by atoms with E-state index in [9.17, 15) is 14.4 Å². The monoisotopic (exact) mass is 583 g/mol. The highest BCUT2D eigenvalue weighted by atomic mass is 32.2. The summed E-state index contributed by atoms with van der Waals surface area (Å²) in [6, 6.07) is 7.79. The average molecular weight is 584 g/mol. The van der Waals surface area contributed by atoms with Gasteiger partial charge in [-0.1, -0.05) is 17.8 Å². The fourth-order valence-electron chi connectivity index (χ4n) is 4.43. The van der Waals surface area contributed by atoms with Crippen LogP contribution in [0, 0.1) is 6.92 Å². The molecule has 0 atom stereocenters. The molecule has 1 N–H and O–H groups in total. The zero-order valence-electron chi connectivity index (χ0n) is 23.1. The van der Waals surface area contributed by atoms with Crippen molar-refractivity contribution in [3.63, 3.8) is 0 Å². The Labute approximate surface area is 241 Å². The van der Waals surface area contributed by atoms with Gasteiger partial charge in [0.05, 0.1) is 29.4 Å². The molecular weight excluding hydrogens is 550 g/mol. The summed E-state index contributed by atoms with van der Waals surface area (Å²) in [4.78, 5) is 39.8. The second-order valence-corrected chi connectivity index (χ2v) is 11.5. The minimum Gasteiger partial charge on any atom is -0.490 e. The number of methoxy groups -OCH3 is 1. The number of nitrogens with one attached hydrogen (secondary N) is 1. The van der Waals surface area contributed by atoms with Gasteiger partial charge in [-0.3, -0.25) is 14.2 Å². The highest BCUT2D eigenvalue weighted by Gasteiger charge is 2.27. The van der Waals surface area contributed by atoms with Gasteiger partial charge in [-0.05, 0) is 62.4 Å². The predicted octanol–water partition coefficient (Wildman–Crippen LogP) is 5.04. The average Bonchev–Trinajstić information content (AvgIpc) is 3.67. The molecule has 12 heteroatoms. The van der Waals surface area contributed by atoms with E-state index in [-0.39, 0.29) is 34.2 Å². The van der Waals surface area contributed by atoms with Gasteiger partial charge < -0.3 is 19.7 Å². The molecule has 0 aliphatic heterocycles. The van der Waals surface area contributed by atoms with Gasteiger partial charge in [0.2, 0.25) is 5.91 Å².